The highest BCUT2D eigenvalue weighted by molar-refractivity contribution is 5.85. The number of esters is 1. The van der Waals surface area contributed by atoms with E-state index in [0.29, 0.717) is 19.5 Å². The largest absolute Gasteiger partial charge is 0.469 e. The fourth-order valence-electron chi connectivity index (χ4n) is 1.24. The molecule has 1 N–H and O–H groups in total. The lowest BCUT2D eigenvalue weighted by molar-refractivity contribution is -0.146. The van der Waals surface area contributed by atoms with Crippen LogP contribution in [-0.2, 0) is 9.53 Å². The Labute approximate surface area is 77.1 Å². The molecule has 0 radical (unpaired) electrons. The molecule has 2 unspecified atom stereocenters. The first-order chi connectivity index (χ1) is 5.24. The summed E-state index contributed by atoms with van der Waals surface area (Å²) in [6.45, 7) is 0.889. The summed E-state index contributed by atoms with van der Waals surface area (Å²) in [7, 11) is 1.32. The first-order valence-electron chi connectivity index (χ1n) is 3.66. The van der Waals surface area contributed by atoms with Gasteiger partial charge in [-0.15, -0.1) is 12.4 Å². The van der Waals surface area contributed by atoms with Crippen LogP contribution in [0.4, 0.5) is 4.39 Å². The zero-order chi connectivity index (χ0) is 8.27. The first kappa shape index (κ1) is 11.6. The van der Waals surface area contributed by atoms with Crippen LogP contribution < -0.4 is 5.32 Å². The molecular formula is C7H13ClFNO2. The van der Waals surface area contributed by atoms with E-state index in [4.69, 9.17) is 0 Å². The van der Waals surface area contributed by atoms with Gasteiger partial charge in [0.1, 0.15) is 6.17 Å². The second kappa shape index (κ2) is 5.32. The zero-order valence-corrected chi connectivity index (χ0v) is 7.70. The number of carbonyl (C=O) groups is 1. The summed E-state index contributed by atoms with van der Waals surface area (Å²) in [5.74, 6) is -0.622. The number of hydrogen-bond acceptors (Lipinski definition) is 3. The van der Waals surface area contributed by atoms with Crippen LogP contribution >= 0.6 is 12.4 Å². The molecule has 72 valence electrons. The summed E-state index contributed by atoms with van der Waals surface area (Å²) < 4.78 is 17.2. The predicted molar refractivity (Wildman–Crippen MR) is 45.1 cm³/mol. The van der Waals surface area contributed by atoms with Gasteiger partial charge in [-0.1, -0.05) is 0 Å². The molecule has 1 fully saturated rings. The van der Waals surface area contributed by atoms with Gasteiger partial charge >= 0.3 is 5.97 Å². The van der Waals surface area contributed by atoms with Gasteiger partial charge in [0.2, 0.25) is 0 Å². The molecule has 0 amide bonds. The predicted octanol–water partition coefficient (Wildman–Crippen LogP) is 0.529. The molecule has 0 aromatic heterocycles. The van der Waals surface area contributed by atoms with Crippen molar-refractivity contribution in [1.82, 2.24) is 5.32 Å². The third kappa shape index (κ3) is 2.95. The molecule has 12 heavy (non-hydrogen) atoms. The number of alkyl halides is 1. The van der Waals surface area contributed by atoms with E-state index in [2.05, 4.69) is 10.1 Å². The Morgan fingerprint density at radius 2 is 2.25 bits per heavy atom. The molecular weight excluding hydrogens is 185 g/mol. The molecule has 0 aromatic carbocycles. The molecule has 3 nitrogen and oxygen atoms in total. The maximum Gasteiger partial charge on any atom is 0.310 e. The third-order valence-electron chi connectivity index (χ3n) is 1.83. The minimum absolute atomic E-state index is 0. The van der Waals surface area contributed by atoms with Gasteiger partial charge in [-0.2, -0.15) is 0 Å². The van der Waals surface area contributed by atoms with Crippen molar-refractivity contribution in [3.05, 3.63) is 0 Å². The lowest BCUT2D eigenvalue weighted by atomic mass is 9.99. The van der Waals surface area contributed by atoms with Crippen molar-refractivity contribution in [1.29, 1.82) is 0 Å². The van der Waals surface area contributed by atoms with E-state index < -0.39 is 6.17 Å². The van der Waals surface area contributed by atoms with E-state index in [-0.39, 0.29) is 24.3 Å². The molecule has 0 aliphatic carbocycles. The first-order valence-corrected chi connectivity index (χ1v) is 3.66. The van der Waals surface area contributed by atoms with Crippen LogP contribution in [0.15, 0.2) is 0 Å². The fraction of sp³-hybridized carbons (Fsp3) is 0.857. The quantitative estimate of drug-likeness (QED) is 0.624. The molecule has 0 bridgehead atoms. The number of nitrogens with one attached hydrogen (secondary N) is 1. The molecule has 0 saturated carbocycles. The van der Waals surface area contributed by atoms with E-state index in [1.807, 2.05) is 0 Å². The summed E-state index contributed by atoms with van der Waals surface area (Å²) in [6.07, 6.45) is -0.618. The molecule has 1 aliphatic rings. The summed E-state index contributed by atoms with van der Waals surface area (Å²) in [6, 6.07) is 0. The van der Waals surface area contributed by atoms with Crippen LogP contribution in [-0.4, -0.2) is 32.3 Å². The number of piperidine rings is 1. The second-order valence-electron chi connectivity index (χ2n) is 2.71. The summed E-state index contributed by atoms with van der Waals surface area (Å²) in [5, 5.41) is 2.82. The van der Waals surface area contributed by atoms with E-state index in [1.165, 1.54) is 7.11 Å². The Morgan fingerprint density at radius 1 is 1.58 bits per heavy atom. The van der Waals surface area contributed by atoms with E-state index in [9.17, 15) is 9.18 Å². The Kier molecular flexibility index (Phi) is 5.17. The Balaban J connectivity index is 0.00000121. The maximum absolute atomic E-state index is 12.7. The van der Waals surface area contributed by atoms with Crippen LogP contribution in [0.3, 0.4) is 0 Å². The van der Waals surface area contributed by atoms with Crippen molar-refractivity contribution in [2.24, 2.45) is 5.92 Å². The highest BCUT2D eigenvalue weighted by Crippen LogP contribution is 2.14. The van der Waals surface area contributed by atoms with Gasteiger partial charge in [0.25, 0.3) is 0 Å². The minimum Gasteiger partial charge on any atom is -0.469 e. The highest BCUT2D eigenvalue weighted by Gasteiger charge is 2.27. The molecule has 2 atom stereocenters. The van der Waals surface area contributed by atoms with Crippen LogP contribution in [0.25, 0.3) is 0 Å². The maximum atomic E-state index is 12.7. The average molecular weight is 198 g/mol. The van der Waals surface area contributed by atoms with Crippen LogP contribution in [0, 0.1) is 5.92 Å². The minimum atomic E-state index is -0.909. The average Bonchev–Trinajstić information content (AvgIpc) is 2.03. The number of rotatable bonds is 1. The standard InChI is InChI=1S/C7H12FNO2.ClH/c1-11-7(10)5-2-6(8)4-9-3-5;/h5-6,9H,2-4H2,1H3;1H. The second-order valence-corrected chi connectivity index (χ2v) is 2.71. The smallest absolute Gasteiger partial charge is 0.310 e. The van der Waals surface area contributed by atoms with Gasteiger partial charge in [0.05, 0.1) is 13.0 Å². The molecule has 1 heterocycles. The van der Waals surface area contributed by atoms with Crippen molar-refractivity contribution in [3.8, 4) is 0 Å². The van der Waals surface area contributed by atoms with Crippen molar-refractivity contribution in [3.63, 3.8) is 0 Å². The van der Waals surface area contributed by atoms with Crippen molar-refractivity contribution in [2.45, 2.75) is 12.6 Å². The van der Waals surface area contributed by atoms with Crippen molar-refractivity contribution in [2.75, 3.05) is 20.2 Å². The normalized spacial score (nSPS) is 28.8. The Morgan fingerprint density at radius 3 is 2.75 bits per heavy atom. The van der Waals surface area contributed by atoms with Gasteiger partial charge in [-0.25, -0.2) is 4.39 Å². The van der Waals surface area contributed by atoms with E-state index in [0.717, 1.165) is 0 Å². The van der Waals surface area contributed by atoms with Gasteiger partial charge in [-0.3, -0.25) is 4.79 Å². The molecule has 1 saturated heterocycles. The number of ether oxygens (including phenoxy) is 1. The van der Waals surface area contributed by atoms with Crippen molar-refractivity contribution >= 4 is 18.4 Å². The molecule has 0 spiro atoms. The molecule has 5 heteroatoms. The number of halogens is 2. The topological polar surface area (TPSA) is 38.3 Å². The fourth-order valence-corrected chi connectivity index (χ4v) is 1.24. The van der Waals surface area contributed by atoms with Gasteiger partial charge < -0.3 is 10.1 Å². The highest BCUT2D eigenvalue weighted by atomic mass is 35.5. The SMILES string of the molecule is COC(=O)C1CNCC(F)C1.Cl. The molecule has 1 aliphatic heterocycles. The number of methoxy groups -OCH3 is 1. The number of carbonyl (C=O) groups excluding carboxylic acids is 1. The Hall–Kier alpha value is -0.350. The third-order valence-corrected chi connectivity index (χ3v) is 1.83. The summed E-state index contributed by atoms with van der Waals surface area (Å²) in [5.41, 5.74) is 0. The van der Waals surface area contributed by atoms with E-state index in [1.54, 1.807) is 0 Å². The van der Waals surface area contributed by atoms with Gasteiger partial charge in [0, 0.05) is 13.1 Å². The summed E-state index contributed by atoms with van der Waals surface area (Å²) in [4.78, 5) is 10.9. The monoisotopic (exact) mass is 197 g/mol. The van der Waals surface area contributed by atoms with Crippen LogP contribution in [0.1, 0.15) is 6.42 Å². The van der Waals surface area contributed by atoms with Crippen LogP contribution in [0.5, 0.6) is 0 Å². The van der Waals surface area contributed by atoms with E-state index >= 15 is 0 Å². The number of hydrogen-bond donors (Lipinski definition) is 1. The van der Waals surface area contributed by atoms with Crippen molar-refractivity contribution < 1.29 is 13.9 Å². The van der Waals surface area contributed by atoms with Gasteiger partial charge in [0.15, 0.2) is 0 Å². The lowest BCUT2D eigenvalue weighted by Crippen LogP contribution is -2.41. The zero-order valence-electron chi connectivity index (χ0n) is 6.88. The lowest BCUT2D eigenvalue weighted by Gasteiger charge is -2.23. The molecule has 1 rings (SSSR count). The van der Waals surface area contributed by atoms with Gasteiger partial charge in [-0.05, 0) is 6.42 Å². The van der Waals surface area contributed by atoms with Crippen LogP contribution in [0.2, 0.25) is 0 Å². The molecule has 0 aromatic rings. The Bertz CT molecular complexity index is 156. The summed E-state index contributed by atoms with van der Waals surface area (Å²) >= 11 is 0.